The fourth-order valence-electron chi connectivity index (χ4n) is 5.86. The number of β-lactam (4-membered cyclic amide) rings is 1. The van der Waals surface area contributed by atoms with Gasteiger partial charge in [-0.3, -0.25) is 19.2 Å². The fraction of sp³-hybridized carbons (Fsp3) is 0.321. The number of hydrogen-bond acceptors (Lipinski definition) is 6. The number of fused-ring (bicyclic) bond motifs is 1. The molecule has 1 aromatic heterocycles. The van der Waals surface area contributed by atoms with Crippen molar-refractivity contribution in [1.29, 1.82) is 0 Å². The highest BCUT2D eigenvalue weighted by Crippen LogP contribution is 2.50. The molecule has 0 saturated carbocycles. The molecule has 11 heteroatoms. The number of carbonyl (C=O) groups excluding carboxylic acids is 3. The molecule has 10 nitrogen and oxygen atoms in total. The summed E-state index contributed by atoms with van der Waals surface area (Å²) in [5.74, 6) is -2.91. The lowest BCUT2D eigenvalue weighted by molar-refractivity contribution is -0.161. The Morgan fingerprint density at radius 1 is 1.08 bits per heavy atom. The predicted octanol–water partition coefficient (Wildman–Crippen LogP) is 1.66. The molecular formula is C28H26N4O6S. The molecule has 3 amide bonds. The second kappa shape index (κ2) is 8.98. The molecule has 39 heavy (non-hydrogen) atoms. The minimum Gasteiger partial charge on any atom is -0.480 e. The second-order valence-electron chi connectivity index (χ2n) is 10.5. The third kappa shape index (κ3) is 3.91. The summed E-state index contributed by atoms with van der Waals surface area (Å²) in [6.07, 6.45) is 2.30. The van der Waals surface area contributed by atoms with Crippen LogP contribution < -0.4 is 16.1 Å². The lowest BCUT2D eigenvalue weighted by atomic mass is 9.95. The van der Waals surface area contributed by atoms with Crippen molar-refractivity contribution in [3.63, 3.8) is 0 Å². The molecule has 2 saturated heterocycles. The van der Waals surface area contributed by atoms with E-state index in [-0.39, 0.29) is 5.56 Å². The number of nitrogens with one attached hydrogen (secondary N) is 2. The van der Waals surface area contributed by atoms with E-state index in [1.54, 1.807) is 56.3 Å². The Labute approximate surface area is 227 Å². The lowest BCUT2D eigenvalue weighted by Gasteiger charge is -2.44. The number of pyridine rings is 1. The zero-order valence-electron chi connectivity index (χ0n) is 21.2. The van der Waals surface area contributed by atoms with E-state index in [0.29, 0.717) is 17.5 Å². The monoisotopic (exact) mass is 546 g/mol. The number of thioether (sulfide) groups is 1. The first-order valence-electron chi connectivity index (χ1n) is 12.6. The molecule has 4 atom stereocenters. The summed E-state index contributed by atoms with van der Waals surface area (Å²) in [6, 6.07) is 10.9. The van der Waals surface area contributed by atoms with Crippen LogP contribution in [0.2, 0.25) is 0 Å². The van der Waals surface area contributed by atoms with Crippen LogP contribution in [0.4, 0.5) is 0 Å². The van der Waals surface area contributed by atoms with Gasteiger partial charge in [-0.25, -0.2) is 4.79 Å². The second-order valence-corrected chi connectivity index (χ2v) is 12.3. The minimum atomic E-state index is -1.18. The van der Waals surface area contributed by atoms with E-state index in [2.05, 4.69) is 10.6 Å². The van der Waals surface area contributed by atoms with E-state index in [4.69, 9.17) is 0 Å². The summed E-state index contributed by atoms with van der Waals surface area (Å²) in [7, 11) is 0. The number of carboxylic acids is 1. The summed E-state index contributed by atoms with van der Waals surface area (Å²) in [5, 5.41) is 15.0. The Bertz CT molecular complexity index is 1620. The quantitative estimate of drug-likeness (QED) is 0.400. The first kappa shape index (κ1) is 25.2. The van der Waals surface area contributed by atoms with Gasteiger partial charge in [0.15, 0.2) is 0 Å². The number of rotatable bonds is 6. The van der Waals surface area contributed by atoms with Crippen LogP contribution in [0.1, 0.15) is 41.4 Å². The number of amides is 3. The molecule has 0 aliphatic carbocycles. The molecule has 3 aromatic rings. The molecule has 0 bridgehead atoms. The van der Waals surface area contributed by atoms with Gasteiger partial charge in [0, 0.05) is 22.9 Å². The summed E-state index contributed by atoms with van der Waals surface area (Å²) < 4.78 is 1.15. The number of aryl methyl sites for hydroxylation is 2. The van der Waals surface area contributed by atoms with Crippen LogP contribution in [-0.4, -0.2) is 60.5 Å². The van der Waals surface area contributed by atoms with Gasteiger partial charge in [0.1, 0.15) is 29.1 Å². The van der Waals surface area contributed by atoms with Gasteiger partial charge in [-0.05, 0) is 37.5 Å². The minimum absolute atomic E-state index is 0.0708. The number of aromatic nitrogens is 1. The number of para-hydroxylation sites is 1. The average molecular weight is 547 g/mol. The Morgan fingerprint density at radius 2 is 1.82 bits per heavy atom. The van der Waals surface area contributed by atoms with E-state index in [9.17, 15) is 29.1 Å². The molecule has 3 aliphatic heterocycles. The molecule has 3 N–H and O–H groups in total. The van der Waals surface area contributed by atoms with E-state index in [0.717, 1.165) is 17.5 Å². The normalized spacial score (nSPS) is 23.2. The number of nitrogens with zero attached hydrogens (tertiary/aromatic N) is 2. The Balaban J connectivity index is 1.28. The number of carbonyl (C=O) groups is 4. The van der Waals surface area contributed by atoms with E-state index < -0.39 is 57.4 Å². The molecule has 200 valence electrons. The molecule has 2 fully saturated rings. The first-order chi connectivity index (χ1) is 18.6. The Hall–Kier alpha value is -4.12. The first-order valence-corrected chi connectivity index (χ1v) is 13.5. The molecular weight excluding hydrogens is 520 g/mol. The summed E-state index contributed by atoms with van der Waals surface area (Å²) >= 11 is 1.32. The maximum atomic E-state index is 13.5. The van der Waals surface area contributed by atoms with Crippen LogP contribution in [0.3, 0.4) is 0 Å². The number of hydrogen-bond donors (Lipinski definition) is 3. The van der Waals surface area contributed by atoms with Crippen molar-refractivity contribution in [2.45, 2.75) is 55.1 Å². The van der Waals surface area contributed by atoms with Crippen LogP contribution in [0, 0.1) is 0 Å². The van der Waals surface area contributed by atoms with Crippen LogP contribution >= 0.6 is 11.8 Å². The van der Waals surface area contributed by atoms with Gasteiger partial charge >= 0.3 is 5.97 Å². The summed E-state index contributed by atoms with van der Waals surface area (Å²) in [4.78, 5) is 66.3. The van der Waals surface area contributed by atoms with Gasteiger partial charge in [-0.15, -0.1) is 11.8 Å². The van der Waals surface area contributed by atoms with Gasteiger partial charge in [-0.1, -0.05) is 42.5 Å². The third-order valence-corrected chi connectivity index (χ3v) is 9.26. The molecule has 0 spiro atoms. The fourth-order valence-corrected chi connectivity index (χ4v) is 7.48. The molecule has 2 aromatic carbocycles. The van der Waals surface area contributed by atoms with Crippen molar-refractivity contribution >= 4 is 46.4 Å². The largest absolute Gasteiger partial charge is 0.480 e. The van der Waals surface area contributed by atoms with Crippen molar-refractivity contribution in [1.82, 2.24) is 20.1 Å². The smallest absolute Gasteiger partial charge is 0.327 e. The standard InChI is InChI=1S/C28H26N4O6S/c1-28(2)22(27(37)38)32-25(36)19(26(32)39-28)30-24(35)18(14-7-4-3-5-8-14)29-23(34)17-13-31-12-11-15-9-6-10-16(20(15)31)21(17)33/h3-10,13,18-19,22,26H,11-12H2,1-2H3,(H,29,34)(H,30,35)(H,37,38). The van der Waals surface area contributed by atoms with Crippen molar-refractivity contribution in [3.05, 3.63) is 81.6 Å². The zero-order valence-corrected chi connectivity index (χ0v) is 22.0. The van der Waals surface area contributed by atoms with E-state index in [1.165, 1.54) is 22.9 Å². The Morgan fingerprint density at radius 3 is 2.54 bits per heavy atom. The number of aliphatic carboxylic acids is 1. The SMILES string of the molecule is CC1(C)SC2C(NC(=O)C(NC(=O)c3cn4c5c(cccc5c3=O)CC4)c3ccccc3)C(=O)N2C1C(=O)O. The van der Waals surface area contributed by atoms with Crippen LogP contribution in [0.25, 0.3) is 10.9 Å². The van der Waals surface area contributed by atoms with Crippen molar-refractivity contribution < 1.29 is 24.3 Å². The van der Waals surface area contributed by atoms with Gasteiger partial charge < -0.3 is 25.2 Å². The number of benzene rings is 2. The van der Waals surface area contributed by atoms with Gasteiger partial charge in [0.05, 0.1) is 5.52 Å². The van der Waals surface area contributed by atoms with Crippen LogP contribution in [0.5, 0.6) is 0 Å². The topological polar surface area (TPSA) is 138 Å². The molecule has 6 rings (SSSR count). The Kier molecular flexibility index (Phi) is 5.79. The molecule has 3 aliphatic rings. The van der Waals surface area contributed by atoms with Crippen LogP contribution in [-0.2, 0) is 27.3 Å². The van der Waals surface area contributed by atoms with Gasteiger partial charge in [-0.2, -0.15) is 0 Å². The van der Waals surface area contributed by atoms with Gasteiger partial charge in [0.2, 0.25) is 17.2 Å². The summed E-state index contributed by atoms with van der Waals surface area (Å²) in [6.45, 7) is 4.15. The highest BCUT2D eigenvalue weighted by atomic mass is 32.2. The van der Waals surface area contributed by atoms with Crippen molar-refractivity contribution in [3.8, 4) is 0 Å². The predicted molar refractivity (Wildman–Crippen MR) is 144 cm³/mol. The number of carboxylic acid groups (broad SMARTS) is 1. The van der Waals surface area contributed by atoms with E-state index in [1.807, 2.05) is 10.6 Å². The highest BCUT2D eigenvalue weighted by molar-refractivity contribution is 8.01. The maximum Gasteiger partial charge on any atom is 0.327 e. The van der Waals surface area contributed by atoms with Crippen molar-refractivity contribution in [2.24, 2.45) is 0 Å². The lowest BCUT2D eigenvalue weighted by Crippen LogP contribution is -2.71. The van der Waals surface area contributed by atoms with E-state index >= 15 is 0 Å². The molecule has 4 heterocycles. The third-order valence-electron chi connectivity index (χ3n) is 7.69. The highest BCUT2D eigenvalue weighted by Gasteiger charge is 2.64. The van der Waals surface area contributed by atoms with Crippen LogP contribution in [0.15, 0.2) is 59.5 Å². The van der Waals surface area contributed by atoms with Crippen molar-refractivity contribution in [2.75, 3.05) is 0 Å². The maximum absolute atomic E-state index is 13.5. The zero-order chi connectivity index (χ0) is 27.6. The molecule has 4 unspecified atom stereocenters. The average Bonchev–Trinajstić information content (AvgIpc) is 3.44. The van der Waals surface area contributed by atoms with Gasteiger partial charge in [0.25, 0.3) is 5.91 Å². The molecule has 0 radical (unpaired) electrons. The summed E-state index contributed by atoms with van der Waals surface area (Å²) in [5.41, 5.74) is 1.86.